The van der Waals surface area contributed by atoms with Crippen LogP contribution in [-0.2, 0) is 6.54 Å². The molecule has 0 saturated carbocycles. The van der Waals surface area contributed by atoms with Gasteiger partial charge in [-0.1, -0.05) is 19.9 Å². The Labute approximate surface area is 122 Å². The van der Waals surface area contributed by atoms with Gasteiger partial charge in [-0.05, 0) is 30.2 Å². The van der Waals surface area contributed by atoms with E-state index in [4.69, 9.17) is 4.74 Å². The van der Waals surface area contributed by atoms with E-state index in [1.807, 2.05) is 0 Å². The fraction of sp³-hybridized carbons (Fsp3) is 0.625. The number of ether oxygens (including phenoxy) is 1. The molecule has 1 heterocycles. The fourth-order valence-corrected chi connectivity index (χ4v) is 2.50. The van der Waals surface area contributed by atoms with Gasteiger partial charge in [0.25, 0.3) is 0 Å². The molecule has 1 aliphatic rings. The summed E-state index contributed by atoms with van der Waals surface area (Å²) in [6.07, 6.45) is 0. The van der Waals surface area contributed by atoms with Gasteiger partial charge in [0.15, 0.2) is 0 Å². The molecule has 1 fully saturated rings. The van der Waals surface area contributed by atoms with E-state index in [1.165, 1.54) is 11.3 Å². The van der Waals surface area contributed by atoms with Crippen molar-refractivity contribution < 1.29 is 4.74 Å². The second-order valence-electron chi connectivity index (χ2n) is 5.77. The molecule has 20 heavy (non-hydrogen) atoms. The Morgan fingerprint density at radius 2 is 2.05 bits per heavy atom. The Balaban J connectivity index is 2.03. The number of rotatable bonds is 6. The molecule has 0 unspecified atom stereocenters. The number of hydrogen-bond donors (Lipinski definition) is 2. The molecular weight excluding hydrogens is 250 g/mol. The van der Waals surface area contributed by atoms with Crippen molar-refractivity contribution in [2.75, 3.05) is 44.7 Å². The lowest BCUT2D eigenvalue weighted by Gasteiger charge is -2.30. The van der Waals surface area contributed by atoms with Crippen LogP contribution in [0.5, 0.6) is 5.75 Å². The Morgan fingerprint density at radius 1 is 1.30 bits per heavy atom. The molecule has 0 amide bonds. The third-order valence-corrected chi connectivity index (χ3v) is 3.58. The van der Waals surface area contributed by atoms with Gasteiger partial charge in [-0.25, -0.2) is 0 Å². The zero-order chi connectivity index (χ0) is 14.4. The first kappa shape index (κ1) is 15.1. The van der Waals surface area contributed by atoms with Gasteiger partial charge in [0, 0.05) is 32.7 Å². The number of benzene rings is 1. The van der Waals surface area contributed by atoms with Crippen molar-refractivity contribution >= 4 is 5.69 Å². The molecule has 1 aromatic rings. The summed E-state index contributed by atoms with van der Waals surface area (Å²) in [5, 5.41) is 6.85. The van der Waals surface area contributed by atoms with E-state index in [2.05, 4.69) is 47.6 Å². The first-order valence-electron chi connectivity index (χ1n) is 7.54. The lowest BCUT2D eigenvalue weighted by Crippen LogP contribution is -2.43. The summed E-state index contributed by atoms with van der Waals surface area (Å²) in [6.45, 7) is 10.6. The summed E-state index contributed by atoms with van der Waals surface area (Å²) < 4.78 is 5.58. The van der Waals surface area contributed by atoms with Crippen molar-refractivity contribution in [3.63, 3.8) is 0 Å². The standard InChI is InChI=1S/C16H27N3O/c1-13(2)11-18-12-14-4-5-15(16(10-14)20-3)19-8-6-17-7-9-19/h4-5,10,13,17-18H,6-9,11-12H2,1-3H3. The second-order valence-corrected chi connectivity index (χ2v) is 5.77. The second kappa shape index (κ2) is 7.50. The monoisotopic (exact) mass is 277 g/mol. The van der Waals surface area contributed by atoms with E-state index in [0.29, 0.717) is 5.92 Å². The van der Waals surface area contributed by atoms with Crippen LogP contribution in [0.1, 0.15) is 19.4 Å². The Kier molecular flexibility index (Phi) is 5.68. The molecule has 0 spiro atoms. The molecule has 112 valence electrons. The Morgan fingerprint density at radius 3 is 2.70 bits per heavy atom. The minimum Gasteiger partial charge on any atom is -0.495 e. The van der Waals surface area contributed by atoms with Crippen molar-refractivity contribution in [3.8, 4) is 5.75 Å². The van der Waals surface area contributed by atoms with Crippen LogP contribution in [0.15, 0.2) is 18.2 Å². The van der Waals surface area contributed by atoms with Crippen molar-refractivity contribution in [2.45, 2.75) is 20.4 Å². The quantitative estimate of drug-likeness (QED) is 0.832. The third-order valence-electron chi connectivity index (χ3n) is 3.58. The maximum atomic E-state index is 5.58. The molecule has 1 aromatic carbocycles. The number of hydrogen-bond acceptors (Lipinski definition) is 4. The molecule has 0 aliphatic carbocycles. The van der Waals surface area contributed by atoms with Crippen LogP contribution in [0.3, 0.4) is 0 Å². The SMILES string of the molecule is COc1cc(CNCC(C)C)ccc1N1CCNCC1. The van der Waals surface area contributed by atoms with E-state index in [0.717, 1.165) is 45.0 Å². The van der Waals surface area contributed by atoms with Gasteiger partial charge < -0.3 is 20.3 Å². The fourth-order valence-electron chi connectivity index (χ4n) is 2.50. The van der Waals surface area contributed by atoms with Crippen LogP contribution < -0.4 is 20.3 Å². The highest BCUT2D eigenvalue weighted by Gasteiger charge is 2.15. The average Bonchev–Trinajstić information content (AvgIpc) is 2.47. The maximum absolute atomic E-state index is 5.58. The Hall–Kier alpha value is -1.26. The van der Waals surface area contributed by atoms with Gasteiger partial charge in [-0.3, -0.25) is 0 Å². The summed E-state index contributed by atoms with van der Waals surface area (Å²) in [5.41, 5.74) is 2.49. The summed E-state index contributed by atoms with van der Waals surface area (Å²) >= 11 is 0. The minimum atomic E-state index is 0.678. The highest BCUT2D eigenvalue weighted by molar-refractivity contribution is 5.60. The number of methoxy groups -OCH3 is 1. The van der Waals surface area contributed by atoms with Gasteiger partial charge in [-0.15, -0.1) is 0 Å². The van der Waals surface area contributed by atoms with Crippen molar-refractivity contribution in [2.24, 2.45) is 5.92 Å². The van der Waals surface area contributed by atoms with Gasteiger partial charge in [0.1, 0.15) is 5.75 Å². The highest BCUT2D eigenvalue weighted by Crippen LogP contribution is 2.29. The van der Waals surface area contributed by atoms with Crippen molar-refractivity contribution in [1.82, 2.24) is 10.6 Å². The number of anilines is 1. The van der Waals surface area contributed by atoms with E-state index in [1.54, 1.807) is 7.11 Å². The molecule has 1 aliphatic heterocycles. The summed E-state index contributed by atoms with van der Waals surface area (Å²) in [7, 11) is 1.76. The number of piperazine rings is 1. The van der Waals surface area contributed by atoms with Crippen molar-refractivity contribution in [1.29, 1.82) is 0 Å². The molecule has 1 saturated heterocycles. The first-order valence-corrected chi connectivity index (χ1v) is 7.54. The van der Waals surface area contributed by atoms with E-state index in [-0.39, 0.29) is 0 Å². The molecule has 0 radical (unpaired) electrons. The molecule has 0 bridgehead atoms. The smallest absolute Gasteiger partial charge is 0.142 e. The zero-order valence-electron chi connectivity index (χ0n) is 12.9. The summed E-state index contributed by atoms with van der Waals surface area (Å²) in [4.78, 5) is 2.39. The molecule has 2 rings (SSSR count). The molecule has 0 aromatic heterocycles. The molecule has 2 N–H and O–H groups in total. The van der Waals surface area contributed by atoms with Crippen LogP contribution in [0.25, 0.3) is 0 Å². The van der Waals surface area contributed by atoms with Crippen molar-refractivity contribution in [3.05, 3.63) is 23.8 Å². The first-order chi connectivity index (χ1) is 9.70. The normalized spacial score (nSPS) is 15.7. The van der Waals surface area contributed by atoms with Crippen LogP contribution >= 0.6 is 0 Å². The van der Waals surface area contributed by atoms with Crippen LogP contribution in [-0.4, -0.2) is 39.8 Å². The zero-order valence-corrected chi connectivity index (χ0v) is 12.9. The van der Waals surface area contributed by atoms with E-state index < -0.39 is 0 Å². The van der Waals surface area contributed by atoms with E-state index in [9.17, 15) is 0 Å². The minimum absolute atomic E-state index is 0.678. The topological polar surface area (TPSA) is 36.5 Å². The molecule has 4 heteroatoms. The van der Waals surface area contributed by atoms with Gasteiger partial charge in [0.2, 0.25) is 0 Å². The highest BCUT2D eigenvalue weighted by atomic mass is 16.5. The van der Waals surface area contributed by atoms with Gasteiger partial charge >= 0.3 is 0 Å². The summed E-state index contributed by atoms with van der Waals surface area (Å²) in [5.74, 6) is 1.66. The maximum Gasteiger partial charge on any atom is 0.142 e. The molecule has 4 nitrogen and oxygen atoms in total. The van der Waals surface area contributed by atoms with Gasteiger partial charge in [-0.2, -0.15) is 0 Å². The predicted octanol–water partition coefficient (Wildman–Crippen LogP) is 1.85. The lowest BCUT2D eigenvalue weighted by molar-refractivity contribution is 0.412. The Bertz CT molecular complexity index is 414. The van der Waals surface area contributed by atoms with Gasteiger partial charge in [0.05, 0.1) is 12.8 Å². The molecule has 0 atom stereocenters. The number of nitrogens with zero attached hydrogens (tertiary/aromatic N) is 1. The summed E-state index contributed by atoms with van der Waals surface area (Å²) in [6, 6.07) is 6.55. The van der Waals surface area contributed by atoms with Crippen LogP contribution in [0.2, 0.25) is 0 Å². The lowest BCUT2D eigenvalue weighted by atomic mass is 10.1. The third kappa shape index (κ3) is 4.12. The van der Waals surface area contributed by atoms with Crippen LogP contribution in [0.4, 0.5) is 5.69 Å². The van der Waals surface area contributed by atoms with E-state index >= 15 is 0 Å². The predicted molar refractivity (Wildman–Crippen MR) is 84.6 cm³/mol. The largest absolute Gasteiger partial charge is 0.495 e. The molecular formula is C16H27N3O. The number of nitrogens with one attached hydrogen (secondary N) is 2. The average molecular weight is 277 g/mol. The van der Waals surface area contributed by atoms with Crippen LogP contribution in [0, 0.1) is 5.92 Å².